The summed E-state index contributed by atoms with van der Waals surface area (Å²) in [5.74, 6) is 0.708. The van der Waals surface area contributed by atoms with Crippen LogP contribution >= 0.6 is 11.3 Å². The lowest BCUT2D eigenvalue weighted by molar-refractivity contribution is 0.0979. The Morgan fingerprint density at radius 1 is 1.61 bits per heavy atom. The molecular weight excluding hydrogens is 244 g/mol. The van der Waals surface area contributed by atoms with E-state index < -0.39 is 0 Å². The average molecular weight is 268 g/mol. The van der Waals surface area contributed by atoms with Crippen LogP contribution in [-0.4, -0.2) is 22.2 Å². The molecule has 2 rings (SSSR count). The van der Waals surface area contributed by atoms with Crippen molar-refractivity contribution >= 4 is 11.3 Å². The Morgan fingerprint density at radius 2 is 2.44 bits per heavy atom. The number of rotatable bonds is 5. The Balaban J connectivity index is 1.93. The third-order valence-electron chi connectivity index (χ3n) is 3.94. The lowest BCUT2D eigenvalue weighted by atomic mass is 9.77. The number of aromatic nitrogens is 1. The summed E-state index contributed by atoms with van der Waals surface area (Å²) in [4.78, 5) is 4.57. The fourth-order valence-corrected chi connectivity index (χ4v) is 3.64. The smallest absolute Gasteiger partial charge is 0.0926 e. The van der Waals surface area contributed by atoms with Gasteiger partial charge in [-0.2, -0.15) is 0 Å². The molecule has 2 N–H and O–H groups in total. The Morgan fingerprint density at radius 3 is 3.06 bits per heavy atom. The molecule has 0 spiro atoms. The molecule has 0 aliphatic heterocycles. The van der Waals surface area contributed by atoms with Crippen molar-refractivity contribution in [1.29, 1.82) is 0 Å². The minimum Gasteiger partial charge on any atom is -0.394 e. The molecule has 0 bridgehead atoms. The fourth-order valence-electron chi connectivity index (χ4n) is 2.89. The summed E-state index contributed by atoms with van der Waals surface area (Å²) in [5, 5.41) is 16.6. The van der Waals surface area contributed by atoms with Gasteiger partial charge >= 0.3 is 0 Å². The third kappa shape index (κ3) is 3.31. The van der Waals surface area contributed by atoms with E-state index in [0.29, 0.717) is 5.92 Å². The van der Waals surface area contributed by atoms with E-state index in [1.165, 1.54) is 17.8 Å². The molecule has 0 amide bonds. The first-order chi connectivity index (χ1) is 8.67. The maximum Gasteiger partial charge on any atom is 0.0926 e. The summed E-state index contributed by atoms with van der Waals surface area (Å²) in [6.45, 7) is 5.43. The number of nitrogens with one attached hydrogen (secondary N) is 1. The SMILES string of the molecule is CCc1nc(CNC2(CO)CCCC(C)C2)cs1. The topological polar surface area (TPSA) is 45.2 Å². The Kier molecular flexibility index (Phi) is 4.76. The van der Waals surface area contributed by atoms with Crippen molar-refractivity contribution < 1.29 is 5.11 Å². The quantitative estimate of drug-likeness (QED) is 0.863. The van der Waals surface area contributed by atoms with Crippen LogP contribution in [0.1, 0.15) is 50.2 Å². The van der Waals surface area contributed by atoms with Gasteiger partial charge in [0.25, 0.3) is 0 Å². The second-order valence-electron chi connectivity index (χ2n) is 5.58. The van der Waals surface area contributed by atoms with E-state index >= 15 is 0 Å². The number of hydrogen-bond acceptors (Lipinski definition) is 4. The van der Waals surface area contributed by atoms with E-state index in [-0.39, 0.29) is 12.1 Å². The molecule has 1 aliphatic rings. The minimum absolute atomic E-state index is 0.0757. The number of nitrogens with zero attached hydrogens (tertiary/aromatic N) is 1. The zero-order valence-corrected chi connectivity index (χ0v) is 12.2. The van der Waals surface area contributed by atoms with E-state index in [9.17, 15) is 5.11 Å². The monoisotopic (exact) mass is 268 g/mol. The predicted octanol–water partition coefficient (Wildman–Crippen LogP) is 2.74. The van der Waals surface area contributed by atoms with E-state index in [1.54, 1.807) is 11.3 Å². The van der Waals surface area contributed by atoms with Crippen molar-refractivity contribution in [3.63, 3.8) is 0 Å². The highest BCUT2D eigenvalue weighted by molar-refractivity contribution is 7.09. The molecule has 3 nitrogen and oxygen atoms in total. The van der Waals surface area contributed by atoms with Crippen LogP contribution in [0, 0.1) is 5.92 Å². The molecule has 1 heterocycles. The fraction of sp³-hybridized carbons (Fsp3) is 0.786. The second kappa shape index (κ2) is 6.13. The molecule has 0 aromatic carbocycles. The van der Waals surface area contributed by atoms with Gasteiger partial charge in [0, 0.05) is 17.5 Å². The highest BCUT2D eigenvalue weighted by Gasteiger charge is 2.33. The van der Waals surface area contributed by atoms with E-state index in [1.807, 2.05) is 0 Å². The lowest BCUT2D eigenvalue weighted by Crippen LogP contribution is -2.51. The molecule has 0 saturated heterocycles. The summed E-state index contributed by atoms with van der Waals surface area (Å²) < 4.78 is 0. The van der Waals surface area contributed by atoms with Crippen LogP contribution in [0.3, 0.4) is 0 Å². The number of aliphatic hydroxyl groups is 1. The first-order valence-electron chi connectivity index (χ1n) is 6.96. The van der Waals surface area contributed by atoms with Gasteiger partial charge in [-0.15, -0.1) is 11.3 Å². The molecule has 1 aliphatic carbocycles. The highest BCUT2D eigenvalue weighted by Crippen LogP contribution is 2.32. The number of hydrogen-bond donors (Lipinski definition) is 2. The van der Waals surface area contributed by atoms with Crippen molar-refractivity contribution in [3.8, 4) is 0 Å². The largest absolute Gasteiger partial charge is 0.394 e. The average Bonchev–Trinajstić information content (AvgIpc) is 2.84. The van der Waals surface area contributed by atoms with Gasteiger partial charge in [0.15, 0.2) is 0 Å². The summed E-state index contributed by atoms with van der Waals surface area (Å²) >= 11 is 1.73. The van der Waals surface area contributed by atoms with E-state index in [0.717, 1.165) is 31.5 Å². The van der Waals surface area contributed by atoms with E-state index in [4.69, 9.17) is 0 Å². The van der Waals surface area contributed by atoms with E-state index in [2.05, 4.69) is 29.5 Å². The van der Waals surface area contributed by atoms with Crippen molar-refractivity contribution in [2.75, 3.05) is 6.61 Å². The number of thiazole rings is 1. The predicted molar refractivity (Wildman–Crippen MR) is 75.8 cm³/mol. The van der Waals surface area contributed by atoms with Gasteiger partial charge in [-0.1, -0.05) is 26.7 Å². The summed E-state index contributed by atoms with van der Waals surface area (Å²) in [6.07, 6.45) is 5.67. The molecule has 0 radical (unpaired) electrons. The summed E-state index contributed by atoms with van der Waals surface area (Å²) in [7, 11) is 0. The maximum atomic E-state index is 9.71. The van der Waals surface area contributed by atoms with Gasteiger partial charge in [-0.25, -0.2) is 4.98 Å². The molecule has 18 heavy (non-hydrogen) atoms. The standard InChI is InChI=1S/C14H24N2OS/c1-3-13-16-12(9-18-13)8-15-14(10-17)6-4-5-11(2)7-14/h9,11,15,17H,3-8,10H2,1-2H3. The molecule has 1 aromatic rings. The van der Waals surface area contributed by atoms with Crippen molar-refractivity contribution in [3.05, 3.63) is 16.1 Å². The number of aliphatic hydroxyl groups excluding tert-OH is 1. The zero-order chi connectivity index (χ0) is 13.0. The molecule has 4 heteroatoms. The van der Waals surface area contributed by atoms with Crippen LogP contribution in [0.4, 0.5) is 0 Å². The first kappa shape index (κ1) is 14.0. The van der Waals surface area contributed by atoms with Crippen molar-refractivity contribution in [2.24, 2.45) is 5.92 Å². The van der Waals surface area contributed by atoms with Gasteiger partial charge in [-0.3, -0.25) is 0 Å². The third-order valence-corrected chi connectivity index (χ3v) is 4.98. The molecule has 1 fully saturated rings. The second-order valence-corrected chi connectivity index (χ2v) is 6.52. The van der Waals surface area contributed by atoms with Crippen molar-refractivity contribution in [1.82, 2.24) is 10.3 Å². The molecule has 1 saturated carbocycles. The normalized spacial score (nSPS) is 28.5. The van der Waals surface area contributed by atoms with Gasteiger partial charge < -0.3 is 10.4 Å². The minimum atomic E-state index is -0.0757. The van der Waals surface area contributed by atoms with Crippen LogP contribution < -0.4 is 5.32 Å². The molecular formula is C14H24N2OS. The molecule has 2 unspecified atom stereocenters. The number of aryl methyl sites for hydroxylation is 1. The van der Waals surface area contributed by atoms with Crippen LogP contribution in [0.5, 0.6) is 0 Å². The molecule has 2 atom stereocenters. The van der Waals surface area contributed by atoms with Gasteiger partial charge in [-0.05, 0) is 25.2 Å². The molecule has 102 valence electrons. The molecule has 1 aromatic heterocycles. The van der Waals surface area contributed by atoms with Crippen LogP contribution in [-0.2, 0) is 13.0 Å². The highest BCUT2D eigenvalue weighted by atomic mass is 32.1. The van der Waals surface area contributed by atoms with Crippen molar-refractivity contribution in [2.45, 2.75) is 58.0 Å². The van der Waals surface area contributed by atoms with Crippen LogP contribution in [0.25, 0.3) is 0 Å². The Hall–Kier alpha value is -0.450. The van der Waals surface area contributed by atoms with Crippen LogP contribution in [0.2, 0.25) is 0 Å². The van der Waals surface area contributed by atoms with Gasteiger partial charge in [0.2, 0.25) is 0 Å². The summed E-state index contributed by atoms with van der Waals surface area (Å²) in [6, 6.07) is 0. The van der Waals surface area contributed by atoms with Gasteiger partial charge in [0.1, 0.15) is 0 Å². The zero-order valence-electron chi connectivity index (χ0n) is 11.4. The lowest BCUT2D eigenvalue weighted by Gasteiger charge is -2.39. The van der Waals surface area contributed by atoms with Gasteiger partial charge in [0.05, 0.1) is 17.3 Å². The Bertz CT molecular complexity index is 380. The van der Waals surface area contributed by atoms with Crippen LogP contribution in [0.15, 0.2) is 5.38 Å². The Labute approximate surface area is 114 Å². The first-order valence-corrected chi connectivity index (χ1v) is 7.84. The maximum absolute atomic E-state index is 9.71. The summed E-state index contributed by atoms with van der Waals surface area (Å²) in [5.41, 5.74) is 1.04.